The number of ether oxygens (including phenoxy) is 3. The predicted molar refractivity (Wildman–Crippen MR) is 339 cm³/mol. The molecule has 0 rings (SSSR count). The molecule has 0 radical (unpaired) electrons. The SMILES string of the molecule is CCCCCCC/C=C\C/C=C\CCCCCCCCCCCCCC(=O)OCC(COC(=O)CCCCCCC/C=C\CCCCCCCCC)OC(=O)CCCCCCCCCCC/C=C\CCCCCCCCCC. The average Bonchev–Trinajstić information content (AvgIpc) is 3.44. The zero-order chi connectivity index (χ0) is 56.4. The molecule has 0 fully saturated rings. The van der Waals surface area contributed by atoms with Crippen LogP contribution in [0.2, 0.25) is 0 Å². The lowest BCUT2D eigenvalue weighted by molar-refractivity contribution is -0.167. The third-order valence-corrected chi connectivity index (χ3v) is 15.5. The Labute approximate surface area is 486 Å². The second kappa shape index (κ2) is 66.9. The van der Waals surface area contributed by atoms with Gasteiger partial charge in [0.2, 0.25) is 0 Å². The molecule has 0 bridgehead atoms. The van der Waals surface area contributed by atoms with E-state index < -0.39 is 6.10 Å². The Morgan fingerprint density at radius 1 is 0.256 bits per heavy atom. The van der Waals surface area contributed by atoms with Crippen molar-refractivity contribution in [3.05, 3.63) is 48.6 Å². The van der Waals surface area contributed by atoms with Crippen molar-refractivity contribution < 1.29 is 28.6 Å². The Hall–Kier alpha value is -2.63. The minimum atomic E-state index is -0.779. The van der Waals surface area contributed by atoms with E-state index in [1.54, 1.807) is 0 Å². The molecular formula is C72H132O6. The smallest absolute Gasteiger partial charge is 0.306 e. The summed E-state index contributed by atoms with van der Waals surface area (Å²) in [7, 11) is 0. The summed E-state index contributed by atoms with van der Waals surface area (Å²) in [5.74, 6) is -0.863. The van der Waals surface area contributed by atoms with E-state index in [1.165, 1.54) is 263 Å². The van der Waals surface area contributed by atoms with Crippen molar-refractivity contribution in [2.45, 2.75) is 380 Å². The van der Waals surface area contributed by atoms with E-state index in [9.17, 15) is 14.4 Å². The van der Waals surface area contributed by atoms with Crippen LogP contribution >= 0.6 is 0 Å². The standard InChI is InChI=1S/C72H132O6/c1-4-7-10-13-16-19-22-25-28-31-33-35-36-38-39-41-44-47-50-53-56-59-62-65-71(74)77-68-69(67-76-70(73)64-61-58-55-52-49-46-43-30-27-24-21-18-15-12-9-6-3)78-72(75)66-63-60-57-54-51-48-45-42-40-37-34-32-29-26-23-20-17-14-11-8-5-2/h22,25,30-34,43,69H,4-21,23-24,26-29,35-42,44-68H2,1-3H3/b25-22-,33-31-,34-32-,43-30-. The summed E-state index contributed by atoms with van der Waals surface area (Å²) in [5.41, 5.74) is 0. The molecule has 0 heterocycles. The van der Waals surface area contributed by atoms with Gasteiger partial charge in [-0.05, 0) is 103 Å². The maximum atomic E-state index is 12.9. The van der Waals surface area contributed by atoms with Gasteiger partial charge in [0, 0.05) is 19.3 Å². The minimum absolute atomic E-state index is 0.0748. The molecule has 0 aliphatic rings. The van der Waals surface area contributed by atoms with Gasteiger partial charge >= 0.3 is 17.9 Å². The Kier molecular flexibility index (Phi) is 64.6. The van der Waals surface area contributed by atoms with Gasteiger partial charge in [0.05, 0.1) is 0 Å². The first-order chi connectivity index (χ1) is 38.5. The van der Waals surface area contributed by atoms with Crippen LogP contribution in [0.5, 0.6) is 0 Å². The van der Waals surface area contributed by atoms with Crippen LogP contribution in [-0.2, 0) is 28.6 Å². The van der Waals surface area contributed by atoms with Crippen molar-refractivity contribution in [1.29, 1.82) is 0 Å². The van der Waals surface area contributed by atoms with Gasteiger partial charge in [0.25, 0.3) is 0 Å². The summed E-state index contributed by atoms with van der Waals surface area (Å²) >= 11 is 0. The Balaban J connectivity index is 4.33. The Morgan fingerprint density at radius 2 is 0.462 bits per heavy atom. The summed E-state index contributed by atoms with van der Waals surface area (Å²) < 4.78 is 17.0. The number of unbranched alkanes of at least 4 members (excludes halogenated alkanes) is 45. The molecule has 0 N–H and O–H groups in total. The molecule has 0 aliphatic heterocycles. The highest BCUT2D eigenvalue weighted by Gasteiger charge is 2.19. The Bertz CT molecular complexity index is 1350. The van der Waals surface area contributed by atoms with E-state index in [4.69, 9.17) is 14.2 Å². The van der Waals surface area contributed by atoms with Gasteiger partial charge in [0.15, 0.2) is 6.10 Å². The number of allylic oxidation sites excluding steroid dienone is 8. The molecule has 0 aromatic carbocycles. The van der Waals surface area contributed by atoms with Gasteiger partial charge in [-0.15, -0.1) is 0 Å². The van der Waals surface area contributed by atoms with Crippen LogP contribution in [0.1, 0.15) is 374 Å². The summed E-state index contributed by atoms with van der Waals surface area (Å²) in [6, 6.07) is 0. The normalized spacial score (nSPS) is 12.3. The van der Waals surface area contributed by atoms with Gasteiger partial charge in [-0.3, -0.25) is 14.4 Å². The fourth-order valence-electron chi connectivity index (χ4n) is 10.3. The van der Waals surface area contributed by atoms with Crippen molar-refractivity contribution in [2.24, 2.45) is 0 Å². The van der Waals surface area contributed by atoms with Gasteiger partial charge in [-0.25, -0.2) is 0 Å². The minimum Gasteiger partial charge on any atom is -0.462 e. The van der Waals surface area contributed by atoms with Crippen molar-refractivity contribution in [3.8, 4) is 0 Å². The molecule has 0 aromatic rings. The van der Waals surface area contributed by atoms with Crippen LogP contribution < -0.4 is 0 Å². The molecule has 0 saturated heterocycles. The van der Waals surface area contributed by atoms with Gasteiger partial charge in [-0.1, -0.05) is 301 Å². The molecule has 6 nitrogen and oxygen atoms in total. The van der Waals surface area contributed by atoms with Crippen LogP contribution in [0.15, 0.2) is 48.6 Å². The highest BCUT2D eigenvalue weighted by Crippen LogP contribution is 2.17. The molecular weight excluding hydrogens is 961 g/mol. The lowest BCUT2D eigenvalue weighted by Gasteiger charge is -2.18. The third-order valence-electron chi connectivity index (χ3n) is 15.5. The third kappa shape index (κ3) is 64.2. The second-order valence-electron chi connectivity index (χ2n) is 23.4. The lowest BCUT2D eigenvalue weighted by Crippen LogP contribution is -2.30. The number of esters is 3. The highest BCUT2D eigenvalue weighted by molar-refractivity contribution is 5.71. The van der Waals surface area contributed by atoms with Crippen molar-refractivity contribution >= 4 is 17.9 Å². The Morgan fingerprint density at radius 3 is 0.718 bits per heavy atom. The fourth-order valence-corrected chi connectivity index (χ4v) is 10.3. The maximum absolute atomic E-state index is 12.9. The van der Waals surface area contributed by atoms with Crippen LogP contribution in [0.25, 0.3) is 0 Å². The quantitative estimate of drug-likeness (QED) is 0.0261. The predicted octanol–water partition coefficient (Wildman–Crippen LogP) is 23.7. The number of hydrogen-bond donors (Lipinski definition) is 0. The average molecular weight is 1090 g/mol. The maximum Gasteiger partial charge on any atom is 0.306 e. The highest BCUT2D eigenvalue weighted by atomic mass is 16.6. The van der Waals surface area contributed by atoms with E-state index in [-0.39, 0.29) is 31.1 Å². The molecule has 0 amide bonds. The molecule has 456 valence electrons. The van der Waals surface area contributed by atoms with Crippen molar-refractivity contribution in [2.75, 3.05) is 13.2 Å². The number of carbonyl (C=O) groups excluding carboxylic acids is 3. The van der Waals surface area contributed by atoms with Gasteiger partial charge in [0.1, 0.15) is 13.2 Å². The van der Waals surface area contributed by atoms with Crippen molar-refractivity contribution in [1.82, 2.24) is 0 Å². The molecule has 78 heavy (non-hydrogen) atoms. The van der Waals surface area contributed by atoms with E-state index >= 15 is 0 Å². The van der Waals surface area contributed by atoms with Crippen molar-refractivity contribution in [3.63, 3.8) is 0 Å². The lowest BCUT2D eigenvalue weighted by atomic mass is 10.0. The first-order valence-electron chi connectivity index (χ1n) is 34.6. The van der Waals surface area contributed by atoms with E-state index in [1.807, 2.05) is 0 Å². The molecule has 0 saturated carbocycles. The van der Waals surface area contributed by atoms with Gasteiger partial charge in [-0.2, -0.15) is 0 Å². The van der Waals surface area contributed by atoms with Crippen LogP contribution in [0, 0.1) is 0 Å². The zero-order valence-corrected chi connectivity index (χ0v) is 52.5. The molecule has 0 spiro atoms. The molecule has 6 heteroatoms. The van der Waals surface area contributed by atoms with Crippen LogP contribution in [0.3, 0.4) is 0 Å². The number of carbonyl (C=O) groups is 3. The summed E-state index contributed by atoms with van der Waals surface area (Å²) in [6.07, 6.45) is 84.1. The van der Waals surface area contributed by atoms with Crippen LogP contribution in [0.4, 0.5) is 0 Å². The molecule has 0 aromatic heterocycles. The topological polar surface area (TPSA) is 78.9 Å². The molecule has 1 atom stereocenters. The van der Waals surface area contributed by atoms with E-state index in [0.29, 0.717) is 19.3 Å². The van der Waals surface area contributed by atoms with Gasteiger partial charge < -0.3 is 14.2 Å². The largest absolute Gasteiger partial charge is 0.462 e. The summed E-state index contributed by atoms with van der Waals surface area (Å²) in [4.78, 5) is 38.4. The first kappa shape index (κ1) is 75.4. The van der Waals surface area contributed by atoms with Crippen LogP contribution in [-0.4, -0.2) is 37.2 Å². The fraction of sp³-hybridized carbons (Fsp3) is 0.847. The summed E-state index contributed by atoms with van der Waals surface area (Å²) in [5, 5.41) is 0. The molecule has 0 aliphatic carbocycles. The monoisotopic (exact) mass is 1090 g/mol. The zero-order valence-electron chi connectivity index (χ0n) is 52.5. The second-order valence-corrected chi connectivity index (χ2v) is 23.4. The molecule has 1 unspecified atom stereocenters. The number of rotatable bonds is 64. The first-order valence-corrected chi connectivity index (χ1v) is 34.6. The number of hydrogen-bond acceptors (Lipinski definition) is 6. The van der Waals surface area contributed by atoms with E-state index in [2.05, 4.69) is 69.4 Å². The van der Waals surface area contributed by atoms with E-state index in [0.717, 1.165) is 70.6 Å². The summed E-state index contributed by atoms with van der Waals surface area (Å²) in [6.45, 7) is 6.68.